The molecule has 1 saturated heterocycles. The molecule has 1 saturated carbocycles. The zero-order valence-electron chi connectivity index (χ0n) is 11.1. The third kappa shape index (κ3) is 1.73. The SMILES string of the molecule is CNCC1(C2(c3ccc(F)cc3F)COC2)CCC1. The number of ether oxygens (including phenoxy) is 1. The Morgan fingerprint density at radius 3 is 2.42 bits per heavy atom. The summed E-state index contributed by atoms with van der Waals surface area (Å²) < 4.78 is 32.7. The quantitative estimate of drug-likeness (QED) is 0.905. The molecule has 0 aromatic heterocycles. The topological polar surface area (TPSA) is 21.3 Å². The molecule has 0 atom stereocenters. The standard InChI is InChI=1S/C15H19F2NO/c1-18-8-14(5-2-6-14)15(9-19-10-15)12-4-3-11(16)7-13(12)17/h3-4,7,18H,2,5-6,8-10H2,1H3. The Balaban J connectivity index is 2.03. The van der Waals surface area contributed by atoms with Gasteiger partial charge in [0.2, 0.25) is 0 Å². The van der Waals surface area contributed by atoms with E-state index < -0.39 is 11.6 Å². The van der Waals surface area contributed by atoms with Crippen molar-refractivity contribution in [3.63, 3.8) is 0 Å². The van der Waals surface area contributed by atoms with E-state index in [2.05, 4.69) is 5.32 Å². The third-order valence-electron chi connectivity index (χ3n) is 4.98. The molecule has 1 aliphatic carbocycles. The van der Waals surface area contributed by atoms with Gasteiger partial charge in [-0.05, 0) is 36.9 Å². The van der Waals surface area contributed by atoms with Crippen molar-refractivity contribution in [1.29, 1.82) is 0 Å². The first kappa shape index (κ1) is 13.0. The minimum Gasteiger partial charge on any atom is -0.379 e. The Morgan fingerprint density at radius 1 is 1.26 bits per heavy atom. The van der Waals surface area contributed by atoms with E-state index in [1.165, 1.54) is 12.5 Å². The van der Waals surface area contributed by atoms with Crippen molar-refractivity contribution in [2.24, 2.45) is 5.41 Å². The molecule has 1 N–H and O–H groups in total. The maximum absolute atomic E-state index is 14.2. The van der Waals surface area contributed by atoms with E-state index in [-0.39, 0.29) is 10.8 Å². The van der Waals surface area contributed by atoms with Gasteiger partial charge in [-0.3, -0.25) is 0 Å². The van der Waals surface area contributed by atoms with Crippen LogP contribution in [0.5, 0.6) is 0 Å². The smallest absolute Gasteiger partial charge is 0.130 e. The summed E-state index contributed by atoms with van der Waals surface area (Å²) >= 11 is 0. The van der Waals surface area contributed by atoms with Gasteiger partial charge >= 0.3 is 0 Å². The minimum atomic E-state index is -0.520. The number of hydrogen-bond acceptors (Lipinski definition) is 2. The van der Waals surface area contributed by atoms with E-state index in [1.54, 1.807) is 6.07 Å². The molecule has 104 valence electrons. The van der Waals surface area contributed by atoms with Crippen molar-refractivity contribution in [1.82, 2.24) is 5.32 Å². The summed E-state index contributed by atoms with van der Waals surface area (Å²) in [5.74, 6) is -0.960. The van der Waals surface area contributed by atoms with Gasteiger partial charge in [-0.1, -0.05) is 12.5 Å². The van der Waals surface area contributed by atoms with Gasteiger partial charge in [0.25, 0.3) is 0 Å². The molecule has 0 unspecified atom stereocenters. The summed E-state index contributed by atoms with van der Waals surface area (Å²) in [6, 6.07) is 3.94. The van der Waals surface area contributed by atoms with Gasteiger partial charge in [0.15, 0.2) is 0 Å². The van der Waals surface area contributed by atoms with Crippen LogP contribution in [-0.4, -0.2) is 26.8 Å². The van der Waals surface area contributed by atoms with Gasteiger partial charge in [0, 0.05) is 12.6 Å². The summed E-state index contributed by atoms with van der Waals surface area (Å²) in [4.78, 5) is 0. The predicted molar refractivity (Wildman–Crippen MR) is 69.1 cm³/mol. The van der Waals surface area contributed by atoms with Crippen LogP contribution >= 0.6 is 0 Å². The zero-order valence-corrected chi connectivity index (χ0v) is 11.1. The second-order valence-corrected chi connectivity index (χ2v) is 5.86. The highest BCUT2D eigenvalue weighted by Crippen LogP contribution is 2.58. The zero-order chi connectivity index (χ0) is 13.5. The monoisotopic (exact) mass is 267 g/mol. The molecule has 2 fully saturated rings. The normalized spacial score (nSPS) is 23.5. The predicted octanol–water partition coefficient (Wildman–Crippen LogP) is 2.62. The Labute approximate surface area is 112 Å². The Bertz CT molecular complexity index is 481. The van der Waals surface area contributed by atoms with Crippen LogP contribution in [0.25, 0.3) is 0 Å². The van der Waals surface area contributed by atoms with Crippen LogP contribution in [0, 0.1) is 17.0 Å². The lowest BCUT2D eigenvalue weighted by Gasteiger charge is -2.60. The molecule has 0 spiro atoms. The van der Waals surface area contributed by atoms with E-state index in [9.17, 15) is 8.78 Å². The lowest BCUT2D eigenvalue weighted by Crippen LogP contribution is -2.64. The first-order valence-electron chi connectivity index (χ1n) is 6.81. The Morgan fingerprint density at radius 2 is 2.00 bits per heavy atom. The minimum absolute atomic E-state index is 0.0542. The van der Waals surface area contributed by atoms with Crippen molar-refractivity contribution >= 4 is 0 Å². The first-order chi connectivity index (χ1) is 9.13. The summed E-state index contributed by atoms with van der Waals surface area (Å²) in [5.41, 5.74) is 0.389. The lowest BCUT2D eigenvalue weighted by molar-refractivity contribution is -0.157. The maximum atomic E-state index is 14.2. The van der Waals surface area contributed by atoms with E-state index in [4.69, 9.17) is 4.74 Å². The van der Waals surface area contributed by atoms with Gasteiger partial charge in [0.1, 0.15) is 11.6 Å². The fourth-order valence-electron chi connectivity index (χ4n) is 3.70. The lowest BCUT2D eigenvalue weighted by atomic mass is 9.49. The van der Waals surface area contributed by atoms with Crippen LogP contribution in [0.3, 0.4) is 0 Å². The molecule has 0 radical (unpaired) electrons. The highest BCUT2D eigenvalue weighted by molar-refractivity contribution is 5.35. The van der Waals surface area contributed by atoms with E-state index in [0.29, 0.717) is 18.8 Å². The average molecular weight is 267 g/mol. The molecular formula is C15H19F2NO. The van der Waals surface area contributed by atoms with Crippen LogP contribution in [0.15, 0.2) is 18.2 Å². The molecule has 0 amide bonds. The fourth-order valence-corrected chi connectivity index (χ4v) is 3.70. The second-order valence-electron chi connectivity index (χ2n) is 5.86. The van der Waals surface area contributed by atoms with E-state index in [0.717, 1.165) is 25.5 Å². The Hall–Kier alpha value is -1.00. The highest BCUT2D eigenvalue weighted by Gasteiger charge is 2.60. The molecule has 2 nitrogen and oxygen atoms in total. The van der Waals surface area contributed by atoms with Crippen molar-refractivity contribution in [3.8, 4) is 0 Å². The molecule has 1 aliphatic heterocycles. The number of hydrogen-bond donors (Lipinski definition) is 1. The Kier molecular flexibility index (Phi) is 3.10. The molecule has 2 aliphatic rings. The van der Waals surface area contributed by atoms with Gasteiger partial charge in [0.05, 0.1) is 18.6 Å². The van der Waals surface area contributed by atoms with Crippen molar-refractivity contribution in [2.45, 2.75) is 24.7 Å². The second kappa shape index (κ2) is 4.53. The van der Waals surface area contributed by atoms with Crippen LogP contribution in [0.1, 0.15) is 24.8 Å². The van der Waals surface area contributed by atoms with Crippen molar-refractivity contribution in [3.05, 3.63) is 35.4 Å². The van der Waals surface area contributed by atoms with Crippen LogP contribution in [0.4, 0.5) is 8.78 Å². The molecule has 1 aromatic rings. The molecule has 4 heteroatoms. The van der Waals surface area contributed by atoms with E-state index in [1.807, 2.05) is 7.05 Å². The number of benzene rings is 1. The number of halogens is 2. The van der Waals surface area contributed by atoms with Gasteiger partial charge < -0.3 is 10.1 Å². The van der Waals surface area contributed by atoms with Crippen LogP contribution < -0.4 is 5.32 Å². The summed E-state index contributed by atoms with van der Waals surface area (Å²) in [5, 5.41) is 3.23. The maximum Gasteiger partial charge on any atom is 0.130 e. The molecule has 0 bridgehead atoms. The average Bonchev–Trinajstić information content (AvgIpc) is 2.26. The number of rotatable bonds is 4. The molecule has 1 aromatic carbocycles. The van der Waals surface area contributed by atoms with Crippen LogP contribution in [-0.2, 0) is 10.2 Å². The third-order valence-corrected chi connectivity index (χ3v) is 4.98. The van der Waals surface area contributed by atoms with Crippen molar-refractivity contribution < 1.29 is 13.5 Å². The molecule has 3 rings (SSSR count). The summed E-state index contributed by atoms with van der Waals surface area (Å²) in [6.45, 7) is 1.93. The highest BCUT2D eigenvalue weighted by atomic mass is 19.1. The largest absolute Gasteiger partial charge is 0.379 e. The van der Waals surface area contributed by atoms with Crippen molar-refractivity contribution in [2.75, 3.05) is 26.8 Å². The summed E-state index contributed by atoms with van der Waals surface area (Å²) in [7, 11) is 1.92. The molecule has 19 heavy (non-hydrogen) atoms. The van der Waals surface area contributed by atoms with Crippen LogP contribution in [0.2, 0.25) is 0 Å². The molecular weight excluding hydrogens is 248 g/mol. The van der Waals surface area contributed by atoms with Gasteiger partial charge in [-0.25, -0.2) is 8.78 Å². The van der Waals surface area contributed by atoms with Gasteiger partial charge in [-0.15, -0.1) is 0 Å². The molecule has 1 heterocycles. The number of nitrogens with one attached hydrogen (secondary N) is 1. The fraction of sp³-hybridized carbons (Fsp3) is 0.600. The first-order valence-corrected chi connectivity index (χ1v) is 6.81. The van der Waals surface area contributed by atoms with E-state index >= 15 is 0 Å². The summed E-state index contributed by atoms with van der Waals surface area (Å²) in [6.07, 6.45) is 3.33. The van der Waals surface area contributed by atoms with Gasteiger partial charge in [-0.2, -0.15) is 0 Å².